The van der Waals surface area contributed by atoms with E-state index in [1.807, 2.05) is 42.5 Å². The lowest BCUT2D eigenvalue weighted by molar-refractivity contribution is -0.139. The van der Waals surface area contributed by atoms with Crippen LogP contribution >= 0.6 is 0 Å². The molecule has 6 heteroatoms. The van der Waals surface area contributed by atoms with E-state index >= 15 is 0 Å². The van der Waals surface area contributed by atoms with Crippen LogP contribution in [0.4, 0.5) is 0 Å². The van der Waals surface area contributed by atoms with Crippen molar-refractivity contribution in [2.45, 2.75) is 20.1 Å². The molecule has 0 unspecified atom stereocenters. The van der Waals surface area contributed by atoms with Gasteiger partial charge < -0.3 is 14.0 Å². The predicted molar refractivity (Wildman–Crippen MR) is 95.1 cm³/mol. The van der Waals surface area contributed by atoms with Gasteiger partial charge in [0.2, 0.25) is 0 Å². The molecular formula is C20H18N2O4. The van der Waals surface area contributed by atoms with Crippen molar-refractivity contribution < 1.29 is 18.8 Å². The summed E-state index contributed by atoms with van der Waals surface area (Å²) in [5, 5.41) is 3.76. The highest BCUT2D eigenvalue weighted by atomic mass is 16.5. The Morgan fingerprint density at radius 2 is 1.96 bits per heavy atom. The zero-order chi connectivity index (χ0) is 18.2. The molecule has 26 heavy (non-hydrogen) atoms. The monoisotopic (exact) mass is 350 g/mol. The fourth-order valence-corrected chi connectivity index (χ4v) is 2.16. The quantitative estimate of drug-likeness (QED) is 0.478. The van der Waals surface area contributed by atoms with Crippen molar-refractivity contribution in [3.8, 4) is 5.75 Å². The summed E-state index contributed by atoms with van der Waals surface area (Å²) in [5.41, 5.74) is 2.31. The maximum atomic E-state index is 11.7. The third kappa shape index (κ3) is 5.31. The molecule has 2 heterocycles. The van der Waals surface area contributed by atoms with Crippen LogP contribution in [0.2, 0.25) is 0 Å². The minimum atomic E-state index is -0.443. The molecule has 0 fully saturated rings. The summed E-state index contributed by atoms with van der Waals surface area (Å²) in [5.74, 6) is 0.967. The molecule has 0 atom stereocenters. The average Bonchev–Trinajstić information content (AvgIpc) is 3.10. The number of rotatable bonds is 7. The van der Waals surface area contributed by atoms with Gasteiger partial charge >= 0.3 is 5.97 Å². The third-order valence-corrected chi connectivity index (χ3v) is 3.44. The lowest BCUT2D eigenvalue weighted by Crippen LogP contribution is -2.00. The second-order valence-corrected chi connectivity index (χ2v) is 5.55. The number of carbonyl (C=O) groups is 1. The number of hydrogen-bond acceptors (Lipinski definition) is 6. The molecule has 0 spiro atoms. The zero-order valence-corrected chi connectivity index (χ0v) is 14.3. The van der Waals surface area contributed by atoms with Gasteiger partial charge in [0.1, 0.15) is 30.4 Å². The van der Waals surface area contributed by atoms with Crippen molar-refractivity contribution in [2.75, 3.05) is 0 Å². The van der Waals surface area contributed by atoms with Crippen molar-refractivity contribution in [1.82, 2.24) is 10.1 Å². The summed E-state index contributed by atoms with van der Waals surface area (Å²) in [6.45, 7) is 2.27. The van der Waals surface area contributed by atoms with Gasteiger partial charge in [-0.25, -0.2) is 4.79 Å². The molecular weight excluding hydrogens is 332 g/mol. The largest absolute Gasteiger partial charge is 0.487 e. The van der Waals surface area contributed by atoms with E-state index in [1.54, 1.807) is 25.3 Å². The lowest BCUT2D eigenvalue weighted by atomic mass is 10.2. The van der Waals surface area contributed by atoms with Gasteiger partial charge in [-0.2, -0.15) is 0 Å². The van der Waals surface area contributed by atoms with Crippen LogP contribution in [-0.2, 0) is 22.7 Å². The molecule has 0 amide bonds. The second-order valence-electron chi connectivity index (χ2n) is 5.55. The molecule has 2 aromatic heterocycles. The first kappa shape index (κ1) is 17.4. The lowest BCUT2D eigenvalue weighted by Gasteiger charge is -2.05. The van der Waals surface area contributed by atoms with Crippen molar-refractivity contribution >= 4 is 12.0 Å². The molecule has 6 nitrogen and oxygen atoms in total. The van der Waals surface area contributed by atoms with Crippen LogP contribution < -0.4 is 4.74 Å². The zero-order valence-electron chi connectivity index (χ0n) is 14.3. The van der Waals surface area contributed by atoms with E-state index in [2.05, 4.69) is 10.1 Å². The second kappa shape index (κ2) is 8.62. The number of hydrogen-bond donors (Lipinski definition) is 0. The highest BCUT2D eigenvalue weighted by Gasteiger charge is 2.03. The minimum Gasteiger partial charge on any atom is -0.487 e. The number of pyridine rings is 1. The van der Waals surface area contributed by atoms with E-state index in [1.165, 1.54) is 6.08 Å². The molecule has 0 aliphatic heterocycles. The van der Waals surface area contributed by atoms with E-state index in [0.717, 1.165) is 17.0 Å². The molecule has 0 aliphatic rings. The smallest absolute Gasteiger partial charge is 0.331 e. The molecule has 1 aromatic carbocycles. The van der Waals surface area contributed by atoms with Gasteiger partial charge in [-0.1, -0.05) is 23.4 Å². The molecule has 0 saturated carbocycles. The molecule has 0 radical (unpaired) electrons. The standard InChI is InChI=1S/C20H18N2O4/c1-15-12-18(22-26-15)14-25-20(23)10-7-16-5-8-19(9-6-16)24-13-17-4-2-3-11-21-17/h2-12H,13-14H2,1H3. The Kier molecular flexibility index (Phi) is 5.77. The number of carbonyl (C=O) groups excluding carboxylic acids is 1. The number of aromatic nitrogens is 2. The Morgan fingerprint density at radius 3 is 2.65 bits per heavy atom. The van der Waals surface area contributed by atoms with Gasteiger partial charge in [0, 0.05) is 18.3 Å². The van der Waals surface area contributed by atoms with E-state index in [4.69, 9.17) is 14.0 Å². The van der Waals surface area contributed by atoms with E-state index < -0.39 is 5.97 Å². The highest BCUT2D eigenvalue weighted by Crippen LogP contribution is 2.14. The fraction of sp³-hybridized carbons (Fsp3) is 0.150. The van der Waals surface area contributed by atoms with Crippen LogP contribution in [0.3, 0.4) is 0 Å². The van der Waals surface area contributed by atoms with E-state index in [-0.39, 0.29) is 6.61 Å². The molecule has 0 N–H and O–H groups in total. The summed E-state index contributed by atoms with van der Waals surface area (Å²) in [7, 11) is 0. The van der Waals surface area contributed by atoms with Crippen LogP contribution in [0.5, 0.6) is 5.75 Å². The first-order valence-electron chi connectivity index (χ1n) is 8.09. The SMILES string of the molecule is Cc1cc(COC(=O)C=Cc2ccc(OCc3ccccn3)cc2)no1. The summed E-state index contributed by atoms with van der Waals surface area (Å²) in [4.78, 5) is 15.9. The molecule has 3 rings (SSSR count). The van der Waals surface area contributed by atoms with Crippen LogP contribution in [0.15, 0.2) is 65.3 Å². The molecule has 0 bridgehead atoms. The Hall–Kier alpha value is -3.41. The Morgan fingerprint density at radius 1 is 1.12 bits per heavy atom. The van der Waals surface area contributed by atoms with E-state index in [9.17, 15) is 4.79 Å². The summed E-state index contributed by atoms with van der Waals surface area (Å²) >= 11 is 0. The number of aryl methyl sites for hydroxylation is 1. The van der Waals surface area contributed by atoms with Crippen molar-refractivity contribution in [3.63, 3.8) is 0 Å². The minimum absolute atomic E-state index is 0.0841. The first-order chi connectivity index (χ1) is 12.7. The van der Waals surface area contributed by atoms with Gasteiger partial charge in [-0.05, 0) is 42.8 Å². The Labute approximate surface area is 151 Å². The average molecular weight is 350 g/mol. The van der Waals surface area contributed by atoms with Crippen LogP contribution in [0.25, 0.3) is 6.08 Å². The normalized spacial score (nSPS) is 10.8. The van der Waals surface area contributed by atoms with Crippen LogP contribution in [-0.4, -0.2) is 16.1 Å². The highest BCUT2D eigenvalue weighted by molar-refractivity contribution is 5.87. The molecule has 0 aliphatic carbocycles. The van der Waals surface area contributed by atoms with Gasteiger partial charge in [0.25, 0.3) is 0 Å². The summed E-state index contributed by atoms with van der Waals surface area (Å²) < 4.78 is 15.7. The first-order valence-corrected chi connectivity index (χ1v) is 8.09. The maximum absolute atomic E-state index is 11.7. The predicted octanol–water partition coefficient (Wildman–Crippen LogP) is 3.71. The van der Waals surface area contributed by atoms with Gasteiger partial charge in [0.15, 0.2) is 0 Å². The van der Waals surface area contributed by atoms with Crippen molar-refractivity contribution in [1.29, 1.82) is 0 Å². The van der Waals surface area contributed by atoms with Crippen molar-refractivity contribution in [2.24, 2.45) is 0 Å². The summed E-state index contributed by atoms with van der Waals surface area (Å²) in [6.07, 6.45) is 4.78. The van der Waals surface area contributed by atoms with Gasteiger partial charge in [0.05, 0.1) is 5.69 Å². The number of benzene rings is 1. The van der Waals surface area contributed by atoms with Gasteiger partial charge in [-0.3, -0.25) is 4.98 Å². The topological polar surface area (TPSA) is 74.5 Å². The number of ether oxygens (including phenoxy) is 2. The maximum Gasteiger partial charge on any atom is 0.331 e. The summed E-state index contributed by atoms with van der Waals surface area (Å²) in [6, 6.07) is 14.8. The molecule has 132 valence electrons. The van der Waals surface area contributed by atoms with Crippen LogP contribution in [0.1, 0.15) is 22.7 Å². The van der Waals surface area contributed by atoms with Crippen molar-refractivity contribution in [3.05, 3.63) is 83.5 Å². The van der Waals surface area contributed by atoms with Gasteiger partial charge in [-0.15, -0.1) is 0 Å². The molecule has 0 saturated heterocycles. The number of nitrogens with zero attached hydrogens (tertiary/aromatic N) is 2. The Balaban J connectivity index is 1.47. The fourth-order valence-electron chi connectivity index (χ4n) is 2.16. The van der Waals surface area contributed by atoms with Crippen LogP contribution in [0, 0.1) is 6.92 Å². The number of esters is 1. The Bertz CT molecular complexity index is 870. The van der Waals surface area contributed by atoms with E-state index in [0.29, 0.717) is 18.1 Å². The third-order valence-electron chi connectivity index (χ3n) is 3.44. The molecule has 3 aromatic rings.